The molecule has 4 N–H and O–H groups in total. The third-order valence-electron chi connectivity index (χ3n) is 3.88. The summed E-state index contributed by atoms with van der Waals surface area (Å²) in [5.74, 6) is 1.38. The van der Waals surface area contributed by atoms with Gasteiger partial charge in [0.2, 0.25) is 0 Å². The average molecular weight is 308 g/mol. The number of benzene rings is 1. The van der Waals surface area contributed by atoms with Crippen LogP contribution in [-0.2, 0) is 0 Å². The Morgan fingerprint density at radius 3 is 2.87 bits per heavy atom. The van der Waals surface area contributed by atoms with Gasteiger partial charge >= 0.3 is 0 Å². The molecule has 1 aromatic carbocycles. The normalized spacial score (nSPS) is 18.3. The smallest absolute Gasteiger partial charge is 0.162 e. The number of hydrogen-bond donors (Lipinski definition) is 3. The van der Waals surface area contributed by atoms with E-state index in [9.17, 15) is 5.11 Å². The van der Waals surface area contributed by atoms with E-state index >= 15 is 0 Å². The number of aromatic nitrogens is 2. The van der Waals surface area contributed by atoms with E-state index in [-0.39, 0.29) is 11.8 Å². The van der Waals surface area contributed by atoms with Crippen molar-refractivity contribution in [3.05, 3.63) is 46.4 Å². The van der Waals surface area contributed by atoms with Gasteiger partial charge in [-0.1, -0.05) is 0 Å². The number of aromatic hydroxyl groups is 1. The molecule has 0 radical (unpaired) electrons. The van der Waals surface area contributed by atoms with Crippen molar-refractivity contribution in [2.24, 2.45) is 4.99 Å². The first-order valence-corrected chi connectivity index (χ1v) is 7.35. The molecule has 2 aliphatic heterocycles. The van der Waals surface area contributed by atoms with Crippen molar-refractivity contribution < 1.29 is 5.11 Å². The van der Waals surface area contributed by atoms with Crippen LogP contribution in [0.5, 0.6) is 5.75 Å². The highest BCUT2D eigenvalue weighted by Gasteiger charge is 2.31. The summed E-state index contributed by atoms with van der Waals surface area (Å²) in [6.45, 7) is 4.12. The van der Waals surface area contributed by atoms with Crippen LogP contribution in [0, 0.1) is 0 Å². The van der Waals surface area contributed by atoms with E-state index in [4.69, 9.17) is 5.73 Å². The van der Waals surface area contributed by atoms with E-state index < -0.39 is 0 Å². The van der Waals surface area contributed by atoms with E-state index in [0.29, 0.717) is 5.82 Å². The van der Waals surface area contributed by atoms with Crippen molar-refractivity contribution in [2.75, 3.05) is 10.7 Å². The molecule has 3 heterocycles. The number of allylic oxidation sites excluding steroid dienone is 1. The first-order chi connectivity index (χ1) is 11.0. The molecule has 4 rings (SSSR count). The number of nitrogens with one attached hydrogen (secondary N) is 1. The molecule has 2 aromatic rings. The van der Waals surface area contributed by atoms with E-state index in [1.54, 1.807) is 18.2 Å². The number of hydrogen-bond acceptors (Lipinski definition) is 7. The Kier molecular flexibility index (Phi) is 2.77. The van der Waals surface area contributed by atoms with Crippen LogP contribution in [0.15, 0.2) is 35.2 Å². The van der Waals surface area contributed by atoms with Gasteiger partial charge in [0.05, 0.1) is 22.3 Å². The summed E-state index contributed by atoms with van der Waals surface area (Å²) >= 11 is 0. The maximum atomic E-state index is 9.62. The quantitative estimate of drug-likeness (QED) is 0.700. The number of nitrogen functional groups attached to an aromatic ring is 1. The van der Waals surface area contributed by atoms with Gasteiger partial charge in [-0.05, 0) is 38.1 Å². The van der Waals surface area contributed by atoms with Crippen molar-refractivity contribution in [1.29, 1.82) is 0 Å². The predicted molar refractivity (Wildman–Crippen MR) is 87.5 cm³/mol. The van der Waals surface area contributed by atoms with Crippen LogP contribution in [0.1, 0.15) is 19.4 Å². The number of hydrazine groups is 1. The Hall–Kier alpha value is -3.09. The van der Waals surface area contributed by atoms with Crippen molar-refractivity contribution in [3.63, 3.8) is 0 Å². The van der Waals surface area contributed by atoms with Crippen LogP contribution < -0.4 is 26.7 Å². The van der Waals surface area contributed by atoms with E-state index in [1.165, 1.54) is 6.33 Å². The second-order valence-corrected chi connectivity index (χ2v) is 5.79. The molecule has 0 spiro atoms. The lowest BCUT2D eigenvalue weighted by Gasteiger charge is -2.22. The van der Waals surface area contributed by atoms with Gasteiger partial charge in [0.25, 0.3) is 0 Å². The van der Waals surface area contributed by atoms with Crippen LogP contribution in [0.4, 0.5) is 11.6 Å². The second kappa shape index (κ2) is 4.70. The van der Waals surface area contributed by atoms with Gasteiger partial charge in [-0.15, -0.1) is 0 Å². The highest BCUT2D eigenvalue weighted by molar-refractivity contribution is 5.90. The molecule has 0 atom stereocenters. The molecule has 1 aromatic heterocycles. The molecule has 0 amide bonds. The van der Waals surface area contributed by atoms with Crippen LogP contribution in [-0.4, -0.2) is 21.1 Å². The van der Waals surface area contributed by atoms with Crippen LogP contribution in [0.2, 0.25) is 0 Å². The van der Waals surface area contributed by atoms with E-state index in [0.717, 1.165) is 33.4 Å². The molecule has 7 nitrogen and oxygen atoms in total. The molecule has 0 aliphatic carbocycles. The third-order valence-corrected chi connectivity index (χ3v) is 3.88. The Balaban J connectivity index is 1.95. The monoisotopic (exact) mass is 308 g/mol. The minimum atomic E-state index is 0.189. The molecule has 2 aliphatic rings. The van der Waals surface area contributed by atoms with Gasteiger partial charge in [-0.3, -0.25) is 10.4 Å². The molecule has 23 heavy (non-hydrogen) atoms. The summed E-state index contributed by atoms with van der Waals surface area (Å²) in [6.07, 6.45) is 3.37. The number of phenolic OH excluding ortho intramolecular Hbond substituents is 1. The van der Waals surface area contributed by atoms with Crippen molar-refractivity contribution in [2.45, 2.75) is 19.9 Å². The minimum Gasteiger partial charge on any atom is -0.508 e. The second-order valence-electron chi connectivity index (χ2n) is 5.79. The van der Waals surface area contributed by atoms with Gasteiger partial charge < -0.3 is 10.8 Å². The fraction of sp³-hybridized carbons (Fsp3) is 0.188. The Morgan fingerprint density at radius 2 is 2.09 bits per heavy atom. The molecule has 7 heteroatoms. The maximum Gasteiger partial charge on any atom is 0.162 e. The molecule has 0 unspecified atom stereocenters. The SMILES string of the molecule is CC(C)N1N/C(=C2\C=c3cc(O)ccc3=N2)c2c(N)ncnc21. The molecule has 116 valence electrons. The lowest BCUT2D eigenvalue weighted by atomic mass is 10.1. The lowest BCUT2D eigenvalue weighted by molar-refractivity contribution is 0.474. The van der Waals surface area contributed by atoms with Gasteiger partial charge in [0.15, 0.2) is 5.82 Å². The van der Waals surface area contributed by atoms with Crippen molar-refractivity contribution in [3.8, 4) is 5.75 Å². The highest BCUT2D eigenvalue weighted by atomic mass is 16.3. The fourth-order valence-electron chi connectivity index (χ4n) is 2.80. The summed E-state index contributed by atoms with van der Waals surface area (Å²) < 4.78 is 0. The standard InChI is InChI=1S/C16H16N6O/c1-8(2)22-16-13(15(17)18-7-19-16)14(21-22)12-6-9-5-10(23)3-4-11(9)20-12/h3-8,21,23H,1-2H3,(H2,17,18,19)/b14-12+. The number of anilines is 2. The van der Waals surface area contributed by atoms with Crippen molar-refractivity contribution in [1.82, 2.24) is 15.4 Å². The topological polar surface area (TPSA) is 99.7 Å². The van der Waals surface area contributed by atoms with E-state index in [2.05, 4.69) is 34.2 Å². The number of nitrogens with two attached hydrogens (primary N) is 1. The molecule has 0 saturated heterocycles. The zero-order valence-corrected chi connectivity index (χ0v) is 12.8. The summed E-state index contributed by atoms with van der Waals surface area (Å²) in [4.78, 5) is 13.1. The van der Waals surface area contributed by atoms with Crippen LogP contribution >= 0.6 is 0 Å². The number of rotatable bonds is 1. The summed E-state index contributed by atoms with van der Waals surface area (Å²) in [5, 5.41) is 13.2. The van der Waals surface area contributed by atoms with Gasteiger partial charge in [-0.2, -0.15) is 0 Å². The lowest BCUT2D eigenvalue weighted by Crippen LogP contribution is -2.38. The van der Waals surface area contributed by atoms with Gasteiger partial charge in [0.1, 0.15) is 17.9 Å². The minimum absolute atomic E-state index is 0.189. The Morgan fingerprint density at radius 1 is 1.26 bits per heavy atom. The fourth-order valence-corrected chi connectivity index (χ4v) is 2.80. The summed E-state index contributed by atoms with van der Waals surface area (Å²) in [5.41, 5.74) is 11.7. The molecule has 0 fully saturated rings. The highest BCUT2D eigenvalue weighted by Crippen LogP contribution is 2.36. The first kappa shape index (κ1) is 13.6. The molecular formula is C16H16N6O. The van der Waals surface area contributed by atoms with Gasteiger partial charge in [-0.25, -0.2) is 15.0 Å². The van der Waals surface area contributed by atoms with Crippen LogP contribution in [0.3, 0.4) is 0 Å². The Labute approximate surface area is 132 Å². The average Bonchev–Trinajstić information content (AvgIpc) is 3.08. The molecular weight excluding hydrogens is 292 g/mol. The van der Waals surface area contributed by atoms with E-state index in [1.807, 2.05) is 11.1 Å². The third kappa shape index (κ3) is 2.01. The van der Waals surface area contributed by atoms with Gasteiger partial charge in [0, 0.05) is 11.3 Å². The zero-order chi connectivity index (χ0) is 16.1. The van der Waals surface area contributed by atoms with Crippen LogP contribution in [0.25, 0.3) is 11.8 Å². The molecule has 0 saturated carbocycles. The first-order valence-electron chi connectivity index (χ1n) is 7.35. The number of nitrogens with zero attached hydrogens (tertiary/aromatic N) is 4. The van der Waals surface area contributed by atoms with Crippen molar-refractivity contribution >= 4 is 23.4 Å². The summed E-state index contributed by atoms with van der Waals surface area (Å²) in [6, 6.07) is 5.29. The predicted octanol–water partition coefficient (Wildman–Crippen LogP) is 0.280. The summed E-state index contributed by atoms with van der Waals surface area (Å²) in [7, 11) is 0. The zero-order valence-electron chi connectivity index (χ0n) is 12.8. The maximum absolute atomic E-state index is 9.62. The Bertz CT molecular complexity index is 963. The number of phenols is 1. The number of fused-ring (bicyclic) bond motifs is 2. The largest absolute Gasteiger partial charge is 0.508 e. The molecule has 0 bridgehead atoms.